The third-order valence-electron chi connectivity index (χ3n) is 7.19. The van der Waals surface area contributed by atoms with Crippen molar-refractivity contribution in [2.75, 3.05) is 0 Å². The Morgan fingerprint density at radius 2 is 1.95 bits per heavy atom. The van der Waals surface area contributed by atoms with Crippen LogP contribution in [0, 0.1) is 28.6 Å². The van der Waals surface area contributed by atoms with Crippen LogP contribution in [0.3, 0.4) is 0 Å². The molecule has 0 bridgehead atoms. The Balaban J connectivity index is 1.66. The number of carbonyl (C=O) groups is 2. The summed E-state index contributed by atoms with van der Waals surface area (Å²) in [4.78, 5) is 25.8. The van der Waals surface area contributed by atoms with Crippen molar-refractivity contribution >= 4 is 11.6 Å². The zero-order valence-corrected chi connectivity index (χ0v) is 12.2. The quantitative estimate of drug-likeness (QED) is 0.775. The molecule has 1 aromatic rings. The number of benzene rings is 1. The molecule has 4 aliphatic rings. The van der Waals surface area contributed by atoms with Gasteiger partial charge in [-0.3, -0.25) is 9.59 Å². The zero-order valence-electron chi connectivity index (χ0n) is 12.2. The second-order valence-corrected chi connectivity index (χ2v) is 7.63. The number of hydrogen-bond donors (Lipinski definition) is 0. The lowest BCUT2D eigenvalue weighted by molar-refractivity contribution is -0.120. The van der Waals surface area contributed by atoms with E-state index in [4.69, 9.17) is 0 Å². The van der Waals surface area contributed by atoms with Gasteiger partial charge in [-0.25, -0.2) is 0 Å². The zero-order chi connectivity index (χ0) is 14.2. The van der Waals surface area contributed by atoms with Gasteiger partial charge in [0.05, 0.1) is 5.41 Å². The summed E-state index contributed by atoms with van der Waals surface area (Å²) in [6, 6.07) is 9.70. The van der Waals surface area contributed by atoms with Gasteiger partial charge >= 0.3 is 0 Å². The summed E-state index contributed by atoms with van der Waals surface area (Å²) in [5.41, 5.74) is 0.562. The van der Waals surface area contributed by atoms with E-state index in [1.54, 1.807) is 0 Å². The number of ketones is 2. The van der Waals surface area contributed by atoms with Gasteiger partial charge in [-0.05, 0) is 36.5 Å². The molecule has 0 heterocycles. The first-order valence-electron chi connectivity index (χ1n) is 8.34. The van der Waals surface area contributed by atoms with Crippen LogP contribution >= 0.6 is 0 Å². The Kier molecular flexibility index (Phi) is 2.11. The van der Waals surface area contributed by atoms with E-state index in [1.165, 1.54) is 19.3 Å². The first-order valence-corrected chi connectivity index (χ1v) is 8.34. The lowest BCUT2D eigenvalue weighted by atomic mass is 9.59. The second-order valence-electron chi connectivity index (χ2n) is 7.63. The molecule has 21 heavy (non-hydrogen) atoms. The van der Waals surface area contributed by atoms with E-state index in [1.807, 2.05) is 30.3 Å². The first kappa shape index (κ1) is 12.1. The van der Waals surface area contributed by atoms with Crippen LogP contribution in [0.15, 0.2) is 30.3 Å². The smallest absolute Gasteiger partial charge is 0.170 e. The van der Waals surface area contributed by atoms with Gasteiger partial charge in [0.25, 0.3) is 0 Å². The van der Waals surface area contributed by atoms with Crippen LogP contribution < -0.4 is 0 Å². The Morgan fingerprint density at radius 3 is 2.76 bits per heavy atom. The van der Waals surface area contributed by atoms with Crippen molar-refractivity contribution in [3.8, 4) is 0 Å². The van der Waals surface area contributed by atoms with Crippen LogP contribution in [0.4, 0.5) is 0 Å². The van der Waals surface area contributed by atoms with Gasteiger partial charge in [0.1, 0.15) is 5.78 Å². The van der Waals surface area contributed by atoms with Crippen molar-refractivity contribution in [2.24, 2.45) is 28.6 Å². The highest BCUT2D eigenvalue weighted by Crippen LogP contribution is 2.86. The van der Waals surface area contributed by atoms with Crippen molar-refractivity contribution < 1.29 is 9.59 Å². The molecular formula is C19H20O2. The van der Waals surface area contributed by atoms with Crippen LogP contribution in [0.25, 0.3) is 0 Å². The molecule has 0 N–H and O–H groups in total. The molecule has 5 rings (SSSR count). The monoisotopic (exact) mass is 280 g/mol. The molecule has 1 aromatic carbocycles. The van der Waals surface area contributed by atoms with Gasteiger partial charge in [-0.1, -0.05) is 43.2 Å². The molecule has 4 saturated carbocycles. The number of rotatable bonds is 2. The van der Waals surface area contributed by atoms with Crippen LogP contribution in [0.5, 0.6) is 0 Å². The maximum Gasteiger partial charge on any atom is 0.170 e. The number of fused-ring (bicyclic) bond motifs is 1. The van der Waals surface area contributed by atoms with Crippen molar-refractivity contribution in [2.45, 2.75) is 38.5 Å². The molecule has 4 aliphatic carbocycles. The van der Waals surface area contributed by atoms with E-state index >= 15 is 0 Å². The van der Waals surface area contributed by atoms with Crippen molar-refractivity contribution in [1.82, 2.24) is 0 Å². The van der Waals surface area contributed by atoms with Crippen molar-refractivity contribution in [3.05, 3.63) is 35.9 Å². The molecule has 5 atom stereocenters. The largest absolute Gasteiger partial charge is 0.299 e. The molecule has 108 valence electrons. The molecule has 2 heteroatoms. The van der Waals surface area contributed by atoms with E-state index in [9.17, 15) is 9.59 Å². The lowest BCUT2D eigenvalue weighted by Gasteiger charge is -2.43. The summed E-state index contributed by atoms with van der Waals surface area (Å²) in [7, 11) is 0. The molecule has 0 aliphatic heterocycles. The molecule has 0 amide bonds. The first-order chi connectivity index (χ1) is 10.2. The van der Waals surface area contributed by atoms with Crippen LogP contribution in [0.1, 0.15) is 48.9 Å². The summed E-state index contributed by atoms with van der Waals surface area (Å²) >= 11 is 0. The minimum atomic E-state index is -0.295. The maximum absolute atomic E-state index is 13.3. The molecule has 2 nitrogen and oxygen atoms in total. The average molecular weight is 280 g/mol. The SMILES string of the molecule is O=C1CC23CCCCC2CC2C1C23C(=O)c1ccccc1. The van der Waals surface area contributed by atoms with Crippen LogP contribution in [-0.2, 0) is 4.79 Å². The maximum atomic E-state index is 13.3. The molecule has 0 saturated heterocycles. The summed E-state index contributed by atoms with van der Waals surface area (Å²) in [5, 5.41) is 0. The highest BCUT2D eigenvalue weighted by molar-refractivity contribution is 6.11. The Labute approximate surface area is 124 Å². The van der Waals surface area contributed by atoms with Crippen LogP contribution in [-0.4, -0.2) is 11.6 Å². The van der Waals surface area contributed by atoms with Crippen LogP contribution in [0.2, 0.25) is 0 Å². The predicted molar refractivity (Wildman–Crippen MR) is 78.8 cm³/mol. The van der Waals surface area contributed by atoms with E-state index < -0.39 is 0 Å². The minimum absolute atomic E-state index is 0.0323. The fourth-order valence-electron chi connectivity index (χ4n) is 6.61. The summed E-state index contributed by atoms with van der Waals surface area (Å²) in [6.45, 7) is 0. The van der Waals surface area contributed by atoms with E-state index in [0.717, 1.165) is 18.4 Å². The number of carbonyl (C=O) groups excluding carboxylic acids is 2. The lowest BCUT2D eigenvalue weighted by Crippen LogP contribution is -2.40. The van der Waals surface area contributed by atoms with Gasteiger partial charge in [0.15, 0.2) is 5.78 Å². The molecule has 0 radical (unpaired) electrons. The second kappa shape index (κ2) is 3.66. The Morgan fingerprint density at radius 1 is 1.14 bits per heavy atom. The summed E-state index contributed by atoms with van der Waals surface area (Å²) in [6.07, 6.45) is 6.66. The van der Waals surface area contributed by atoms with Crippen molar-refractivity contribution in [3.63, 3.8) is 0 Å². The van der Waals surface area contributed by atoms with Gasteiger partial charge in [-0.15, -0.1) is 0 Å². The topological polar surface area (TPSA) is 34.1 Å². The summed E-state index contributed by atoms with van der Waals surface area (Å²) < 4.78 is 0. The third-order valence-corrected chi connectivity index (χ3v) is 7.19. The standard InChI is InChI=1S/C19H20O2/c20-15-11-18-9-5-4-8-13(18)10-14-16(15)19(14,18)17(21)12-6-2-1-3-7-12/h1-3,6-7,13-14,16H,4-5,8-11H2. The molecule has 0 aromatic heterocycles. The number of Topliss-reactive ketones (excluding diaryl/α,β-unsaturated/α-hetero) is 2. The van der Waals surface area contributed by atoms with Gasteiger partial charge < -0.3 is 0 Å². The van der Waals surface area contributed by atoms with Crippen molar-refractivity contribution in [1.29, 1.82) is 0 Å². The fraction of sp³-hybridized carbons (Fsp3) is 0.579. The van der Waals surface area contributed by atoms with E-state index in [2.05, 4.69) is 0 Å². The molecule has 5 unspecified atom stereocenters. The van der Waals surface area contributed by atoms with E-state index in [-0.39, 0.29) is 22.5 Å². The predicted octanol–water partition coefficient (Wildman–Crippen LogP) is 3.65. The van der Waals surface area contributed by atoms with Gasteiger partial charge in [0, 0.05) is 17.9 Å². The van der Waals surface area contributed by atoms with Gasteiger partial charge in [0.2, 0.25) is 0 Å². The minimum Gasteiger partial charge on any atom is -0.299 e. The number of hydrogen-bond acceptors (Lipinski definition) is 2. The Bertz CT molecular complexity index is 649. The highest BCUT2D eigenvalue weighted by Gasteiger charge is 2.88. The molecular weight excluding hydrogens is 260 g/mol. The average Bonchev–Trinajstić information content (AvgIpc) is 3.05. The molecule has 1 spiro atoms. The highest BCUT2D eigenvalue weighted by atomic mass is 16.1. The third kappa shape index (κ3) is 1.15. The van der Waals surface area contributed by atoms with E-state index in [0.29, 0.717) is 24.0 Å². The normalized spacial score (nSPS) is 46.1. The Hall–Kier alpha value is -1.44. The summed E-state index contributed by atoms with van der Waals surface area (Å²) in [5.74, 6) is 1.75. The fourth-order valence-corrected chi connectivity index (χ4v) is 6.61. The molecule has 4 fully saturated rings. The van der Waals surface area contributed by atoms with Gasteiger partial charge in [-0.2, -0.15) is 0 Å².